The summed E-state index contributed by atoms with van der Waals surface area (Å²) in [5, 5.41) is 17.6. The fourth-order valence-electron chi connectivity index (χ4n) is 2.50. The topological polar surface area (TPSA) is 102 Å². The van der Waals surface area contributed by atoms with Crippen molar-refractivity contribution in [3.63, 3.8) is 0 Å². The van der Waals surface area contributed by atoms with Crippen molar-refractivity contribution >= 4 is 23.0 Å². The number of methoxy groups -OCH3 is 1. The SMILES string of the molecule is COc1cccc(Nc2ncnc(NCc3ccc(C)cc3)c2[N+](=O)[O-])c1. The van der Waals surface area contributed by atoms with Crippen LogP contribution in [-0.4, -0.2) is 22.0 Å². The molecule has 0 saturated carbocycles. The predicted octanol–water partition coefficient (Wildman–Crippen LogP) is 4.06. The molecule has 3 rings (SSSR count). The van der Waals surface area contributed by atoms with Crippen LogP contribution in [0.15, 0.2) is 54.9 Å². The van der Waals surface area contributed by atoms with Gasteiger partial charge in [0.15, 0.2) is 0 Å². The van der Waals surface area contributed by atoms with Crippen LogP contribution < -0.4 is 15.4 Å². The van der Waals surface area contributed by atoms with Gasteiger partial charge in [-0.25, -0.2) is 9.97 Å². The average molecular weight is 365 g/mol. The maximum atomic E-state index is 11.6. The Morgan fingerprint density at radius 3 is 2.56 bits per heavy atom. The van der Waals surface area contributed by atoms with Gasteiger partial charge in [0, 0.05) is 18.3 Å². The summed E-state index contributed by atoms with van der Waals surface area (Å²) in [6.07, 6.45) is 1.28. The molecule has 0 bridgehead atoms. The molecule has 0 saturated heterocycles. The maximum absolute atomic E-state index is 11.6. The molecule has 138 valence electrons. The highest BCUT2D eigenvalue weighted by Crippen LogP contribution is 2.32. The maximum Gasteiger partial charge on any atom is 0.353 e. The number of nitrogens with zero attached hydrogens (tertiary/aromatic N) is 3. The van der Waals surface area contributed by atoms with Gasteiger partial charge >= 0.3 is 5.69 Å². The van der Waals surface area contributed by atoms with Gasteiger partial charge in [-0.1, -0.05) is 35.9 Å². The molecule has 27 heavy (non-hydrogen) atoms. The number of benzene rings is 2. The lowest BCUT2D eigenvalue weighted by Crippen LogP contribution is -2.08. The number of hydrogen-bond donors (Lipinski definition) is 2. The lowest BCUT2D eigenvalue weighted by atomic mass is 10.1. The van der Waals surface area contributed by atoms with Gasteiger partial charge in [-0.2, -0.15) is 0 Å². The number of aryl methyl sites for hydroxylation is 1. The van der Waals surface area contributed by atoms with Crippen molar-refractivity contribution in [1.82, 2.24) is 9.97 Å². The molecule has 3 aromatic rings. The fourth-order valence-corrected chi connectivity index (χ4v) is 2.50. The Morgan fingerprint density at radius 2 is 1.85 bits per heavy atom. The lowest BCUT2D eigenvalue weighted by molar-refractivity contribution is -0.383. The molecule has 8 nitrogen and oxygen atoms in total. The summed E-state index contributed by atoms with van der Waals surface area (Å²) in [6.45, 7) is 2.42. The van der Waals surface area contributed by atoms with Crippen LogP contribution in [0.25, 0.3) is 0 Å². The van der Waals surface area contributed by atoms with E-state index in [1.54, 1.807) is 31.4 Å². The van der Waals surface area contributed by atoms with Crippen molar-refractivity contribution in [3.05, 3.63) is 76.1 Å². The number of nitrogens with one attached hydrogen (secondary N) is 2. The third kappa shape index (κ3) is 4.49. The molecule has 0 fully saturated rings. The van der Waals surface area contributed by atoms with Crippen LogP contribution in [-0.2, 0) is 6.54 Å². The van der Waals surface area contributed by atoms with Gasteiger partial charge in [-0.15, -0.1) is 0 Å². The molecule has 0 radical (unpaired) electrons. The van der Waals surface area contributed by atoms with Crippen LogP contribution >= 0.6 is 0 Å². The van der Waals surface area contributed by atoms with Crippen molar-refractivity contribution in [1.29, 1.82) is 0 Å². The molecular weight excluding hydrogens is 346 g/mol. The molecule has 1 heterocycles. The number of hydrogen-bond acceptors (Lipinski definition) is 7. The molecule has 0 atom stereocenters. The predicted molar refractivity (Wildman–Crippen MR) is 103 cm³/mol. The molecule has 0 unspecified atom stereocenters. The van der Waals surface area contributed by atoms with Crippen LogP contribution in [0.4, 0.5) is 23.0 Å². The quantitative estimate of drug-likeness (QED) is 0.481. The molecular formula is C19H19N5O3. The first kappa shape index (κ1) is 18.1. The van der Waals surface area contributed by atoms with Gasteiger partial charge < -0.3 is 15.4 Å². The zero-order valence-corrected chi connectivity index (χ0v) is 15.0. The van der Waals surface area contributed by atoms with Crippen molar-refractivity contribution in [2.75, 3.05) is 17.7 Å². The first-order valence-electron chi connectivity index (χ1n) is 8.26. The summed E-state index contributed by atoms with van der Waals surface area (Å²) in [7, 11) is 1.55. The highest BCUT2D eigenvalue weighted by molar-refractivity contribution is 5.74. The van der Waals surface area contributed by atoms with Crippen LogP contribution in [0.1, 0.15) is 11.1 Å². The molecule has 0 amide bonds. The summed E-state index contributed by atoms with van der Waals surface area (Å²) in [5.74, 6) is 0.894. The Hall–Kier alpha value is -3.68. The summed E-state index contributed by atoms with van der Waals surface area (Å²) in [6, 6.07) is 15.0. The molecule has 0 aliphatic heterocycles. The average Bonchev–Trinajstić information content (AvgIpc) is 2.67. The lowest BCUT2D eigenvalue weighted by Gasteiger charge is -2.11. The minimum atomic E-state index is -0.500. The zero-order chi connectivity index (χ0) is 19.2. The van der Waals surface area contributed by atoms with Gasteiger partial charge in [0.1, 0.15) is 12.1 Å². The Bertz CT molecular complexity index is 944. The van der Waals surface area contributed by atoms with Crippen LogP contribution in [0, 0.1) is 17.0 Å². The molecule has 0 aliphatic carbocycles. The second-order valence-electron chi connectivity index (χ2n) is 5.87. The molecule has 0 aliphatic rings. The zero-order valence-electron chi connectivity index (χ0n) is 15.0. The van der Waals surface area contributed by atoms with E-state index >= 15 is 0 Å². The number of anilines is 3. The summed E-state index contributed by atoms with van der Waals surface area (Å²) in [5.41, 5.74) is 2.56. The van der Waals surface area contributed by atoms with Crippen LogP contribution in [0.5, 0.6) is 5.75 Å². The summed E-state index contributed by atoms with van der Waals surface area (Å²) in [4.78, 5) is 19.2. The normalized spacial score (nSPS) is 10.3. The van der Waals surface area contributed by atoms with Gasteiger partial charge in [0.05, 0.1) is 12.0 Å². The second-order valence-corrected chi connectivity index (χ2v) is 5.87. The molecule has 2 aromatic carbocycles. The van der Waals surface area contributed by atoms with Gasteiger partial charge in [0.25, 0.3) is 0 Å². The van der Waals surface area contributed by atoms with Crippen LogP contribution in [0.2, 0.25) is 0 Å². The van der Waals surface area contributed by atoms with E-state index in [9.17, 15) is 10.1 Å². The van der Waals surface area contributed by atoms with E-state index in [1.165, 1.54) is 6.33 Å². The smallest absolute Gasteiger partial charge is 0.353 e. The highest BCUT2D eigenvalue weighted by Gasteiger charge is 2.23. The van der Waals surface area contributed by atoms with Gasteiger partial charge in [0.2, 0.25) is 11.6 Å². The highest BCUT2D eigenvalue weighted by atomic mass is 16.6. The van der Waals surface area contributed by atoms with E-state index in [0.29, 0.717) is 18.0 Å². The summed E-state index contributed by atoms with van der Waals surface area (Å²) < 4.78 is 5.17. The van der Waals surface area contributed by atoms with E-state index in [2.05, 4.69) is 20.6 Å². The monoisotopic (exact) mass is 365 g/mol. The van der Waals surface area contributed by atoms with Gasteiger partial charge in [-0.05, 0) is 24.6 Å². The van der Waals surface area contributed by atoms with Crippen molar-refractivity contribution < 1.29 is 9.66 Å². The van der Waals surface area contributed by atoms with Crippen LogP contribution in [0.3, 0.4) is 0 Å². The Morgan fingerprint density at radius 1 is 1.11 bits per heavy atom. The van der Waals surface area contributed by atoms with E-state index in [-0.39, 0.29) is 17.3 Å². The largest absolute Gasteiger partial charge is 0.497 e. The van der Waals surface area contributed by atoms with Gasteiger partial charge in [-0.3, -0.25) is 10.1 Å². The third-order valence-corrected chi connectivity index (χ3v) is 3.92. The Labute approximate surface area is 156 Å². The molecule has 2 N–H and O–H groups in total. The van der Waals surface area contributed by atoms with E-state index < -0.39 is 4.92 Å². The van der Waals surface area contributed by atoms with Crippen molar-refractivity contribution in [2.45, 2.75) is 13.5 Å². The fraction of sp³-hybridized carbons (Fsp3) is 0.158. The molecule has 8 heteroatoms. The second kappa shape index (κ2) is 8.13. The number of ether oxygens (including phenoxy) is 1. The third-order valence-electron chi connectivity index (χ3n) is 3.92. The number of nitro groups is 1. The van der Waals surface area contributed by atoms with E-state index in [0.717, 1.165) is 11.1 Å². The molecule has 0 spiro atoms. The minimum Gasteiger partial charge on any atom is -0.497 e. The van der Waals surface area contributed by atoms with Crippen molar-refractivity contribution in [3.8, 4) is 5.75 Å². The minimum absolute atomic E-state index is 0.106. The Kier molecular flexibility index (Phi) is 5.46. The Balaban J connectivity index is 1.85. The number of aromatic nitrogens is 2. The molecule has 1 aromatic heterocycles. The van der Waals surface area contributed by atoms with Crippen molar-refractivity contribution in [2.24, 2.45) is 0 Å². The first-order chi connectivity index (χ1) is 13.1. The standard InChI is InChI=1S/C19H19N5O3/c1-13-6-8-14(9-7-13)11-20-18-17(24(25)26)19(22-12-21-18)23-15-4-3-5-16(10-15)27-2/h3-10,12H,11H2,1-2H3,(H2,20,21,22,23). The van der Waals surface area contributed by atoms with E-state index in [1.807, 2.05) is 31.2 Å². The number of rotatable bonds is 7. The summed E-state index contributed by atoms with van der Waals surface area (Å²) >= 11 is 0. The van der Waals surface area contributed by atoms with E-state index in [4.69, 9.17) is 4.74 Å². The first-order valence-corrected chi connectivity index (χ1v) is 8.26.